The van der Waals surface area contributed by atoms with Gasteiger partial charge in [0.25, 0.3) is 0 Å². The van der Waals surface area contributed by atoms with Gasteiger partial charge >= 0.3 is 45.5 Å². The van der Waals surface area contributed by atoms with Gasteiger partial charge in [-0.15, -0.1) is 0 Å². The molecular weight excluding hydrogens is 188 g/mol. The molecule has 0 bridgehead atoms. The van der Waals surface area contributed by atoms with Crippen molar-refractivity contribution in [1.82, 2.24) is 0 Å². The summed E-state index contributed by atoms with van der Waals surface area (Å²) in [6.45, 7) is 0. The van der Waals surface area contributed by atoms with Crippen LogP contribution in [0.5, 0.6) is 0 Å². The number of hydrogen-bond acceptors (Lipinski definition) is 4. The molecular formula is C3H2O4Sr. The fourth-order valence-electron chi connectivity index (χ4n) is 0.118. The van der Waals surface area contributed by atoms with Gasteiger partial charge in [-0.3, -0.25) is 0 Å². The molecule has 0 saturated heterocycles. The van der Waals surface area contributed by atoms with E-state index in [1.54, 1.807) is 0 Å². The van der Waals surface area contributed by atoms with Crippen molar-refractivity contribution in [2.75, 3.05) is 0 Å². The van der Waals surface area contributed by atoms with Crippen LogP contribution in [-0.4, -0.2) is 57.4 Å². The minimum Gasteiger partial charge on any atom is -0.550 e. The SMILES string of the molecule is O=C([O-])CC(=O)[O-].[Sr+2]. The van der Waals surface area contributed by atoms with Crippen molar-refractivity contribution in [3.63, 3.8) is 0 Å². The number of hydrogen-bond donors (Lipinski definition) is 0. The van der Waals surface area contributed by atoms with Crippen LogP contribution in [0, 0.1) is 0 Å². The summed E-state index contributed by atoms with van der Waals surface area (Å²) in [4.78, 5) is 18.6. The standard InChI is InChI=1S/C3H4O4.Sr/c4-2(5)1-3(6)7;/h1H2,(H,4,5)(H,6,7);/q;+2/p-2. The van der Waals surface area contributed by atoms with Crippen molar-refractivity contribution in [2.24, 2.45) is 0 Å². The van der Waals surface area contributed by atoms with Crippen LogP contribution in [0.4, 0.5) is 0 Å². The Morgan fingerprint density at radius 1 is 1.12 bits per heavy atom. The minimum absolute atomic E-state index is 0. The molecule has 0 aliphatic heterocycles. The summed E-state index contributed by atoms with van der Waals surface area (Å²) < 4.78 is 0. The third-order valence-corrected chi connectivity index (χ3v) is 0.289. The first kappa shape index (κ1) is 11.2. The summed E-state index contributed by atoms with van der Waals surface area (Å²) in [6.07, 6.45) is -1.03. The molecule has 4 nitrogen and oxygen atoms in total. The molecule has 0 unspecified atom stereocenters. The van der Waals surface area contributed by atoms with Gasteiger partial charge in [0.15, 0.2) is 0 Å². The monoisotopic (exact) mass is 190 g/mol. The Bertz CT molecular complexity index is 87.5. The van der Waals surface area contributed by atoms with E-state index in [0.29, 0.717) is 0 Å². The molecule has 0 aliphatic rings. The molecule has 0 atom stereocenters. The normalized spacial score (nSPS) is 7.00. The second-order valence-corrected chi connectivity index (χ2v) is 0.921. The Kier molecular flexibility index (Phi) is 7.81. The average molecular weight is 190 g/mol. The molecule has 0 amide bonds. The number of carboxylic acids is 2. The van der Waals surface area contributed by atoms with Crippen LogP contribution in [-0.2, 0) is 9.59 Å². The van der Waals surface area contributed by atoms with E-state index in [1.807, 2.05) is 0 Å². The van der Waals surface area contributed by atoms with E-state index in [1.165, 1.54) is 0 Å². The van der Waals surface area contributed by atoms with E-state index in [9.17, 15) is 19.8 Å². The molecule has 0 radical (unpaired) electrons. The first-order chi connectivity index (χ1) is 3.13. The van der Waals surface area contributed by atoms with Crippen molar-refractivity contribution < 1.29 is 19.8 Å². The van der Waals surface area contributed by atoms with Crippen molar-refractivity contribution in [3.8, 4) is 0 Å². The van der Waals surface area contributed by atoms with E-state index in [0.717, 1.165) is 0 Å². The molecule has 0 saturated carbocycles. The van der Waals surface area contributed by atoms with Gasteiger partial charge in [0.1, 0.15) is 0 Å². The van der Waals surface area contributed by atoms with Gasteiger partial charge in [-0.2, -0.15) is 0 Å². The quantitative estimate of drug-likeness (QED) is 0.334. The Hall–Kier alpha value is 0.421. The van der Waals surface area contributed by atoms with E-state index in [2.05, 4.69) is 0 Å². The van der Waals surface area contributed by atoms with Crippen LogP contribution in [0.2, 0.25) is 0 Å². The zero-order valence-corrected chi connectivity index (χ0v) is 7.52. The van der Waals surface area contributed by atoms with Gasteiger partial charge in [0.05, 0.1) is 0 Å². The molecule has 0 rings (SSSR count). The van der Waals surface area contributed by atoms with Gasteiger partial charge in [-0.25, -0.2) is 0 Å². The van der Waals surface area contributed by atoms with Crippen LogP contribution >= 0.6 is 0 Å². The smallest absolute Gasteiger partial charge is 0.550 e. The Balaban J connectivity index is 0. The van der Waals surface area contributed by atoms with Crippen molar-refractivity contribution >= 4 is 57.4 Å². The average Bonchev–Trinajstić information content (AvgIpc) is 1.27. The molecule has 0 aliphatic carbocycles. The Morgan fingerprint density at radius 2 is 1.38 bits per heavy atom. The molecule has 0 heterocycles. The number of aliphatic carboxylic acids is 2. The molecule has 0 N–H and O–H groups in total. The summed E-state index contributed by atoms with van der Waals surface area (Å²) in [5, 5.41) is 18.6. The second-order valence-electron chi connectivity index (χ2n) is 0.921. The number of rotatable bonds is 2. The topological polar surface area (TPSA) is 80.3 Å². The molecule has 8 heavy (non-hydrogen) atoms. The van der Waals surface area contributed by atoms with Gasteiger partial charge in [0.2, 0.25) is 0 Å². The predicted octanol–water partition coefficient (Wildman–Crippen LogP) is -3.50. The largest absolute Gasteiger partial charge is 2.00 e. The molecule has 0 aromatic rings. The van der Waals surface area contributed by atoms with E-state index in [4.69, 9.17) is 0 Å². The Morgan fingerprint density at radius 3 is 1.38 bits per heavy atom. The first-order valence-corrected chi connectivity index (χ1v) is 1.52. The minimum atomic E-state index is -1.63. The maximum Gasteiger partial charge on any atom is 2.00 e. The zero-order chi connectivity index (χ0) is 5.86. The van der Waals surface area contributed by atoms with Crippen LogP contribution in [0.15, 0.2) is 0 Å². The molecule has 5 heteroatoms. The molecule has 0 aromatic heterocycles. The number of carboxylic acid groups (broad SMARTS) is 2. The fourth-order valence-corrected chi connectivity index (χ4v) is 0.118. The van der Waals surface area contributed by atoms with Crippen molar-refractivity contribution in [1.29, 1.82) is 0 Å². The summed E-state index contributed by atoms with van der Waals surface area (Å²) in [6, 6.07) is 0. The summed E-state index contributed by atoms with van der Waals surface area (Å²) in [5.41, 5.74) is 0. The molecule has 0 fully saturated rings. The number of carbonyl (C=O) groups is 2. The van der Waals surface area contributed by atoms with E-state index >= 15 is 0 Å². The number of carbonyl (C=O) groups excluding carboxylic acids is 2. The maximum absolute atomic E-state index is 9.28. The summed E-state index contributed by atoms with van der Waals surface area (Å²) >= 11 is 0. The first-order valence-electron chi connectivity index (χ1n) is 1.52. The summed E-state index contributed by atoms with van der Waals surface area (Å²) in [7, 11) is 0. The van der Waals surface area contributed by atoms with Crippen LogP contribution in [0.25, 0.3) is 0 Å². The zero-order valence-electron chi connectivity index (χ0n) is 4.05. The van der Waals surface area contributed by atoms with Crippen molar-refractivity contribution in [3.05, 3.63) is 0 Å². The van der Waals surface area contributed by atoms with Gasteiger partial charge in [-0.1, -0.05) is 0 Å². The Labute approximate surface area is 82.8 Å². The van der Waals surface area contributed by atoms with E-state index < -0.39 is 18.4 Å². The van der Waals surface area contributed by atoms with Gasteiger partial charge in [-0.05, 0) is 0 Å². The van der Waals surface area contributed by atoms with Crippen LogP contribution < -0.4 is 10.2 Å². The summed E-state index contributed by atoms with van der Waals surface area (Å²) in [5.74, 6) is -3.25. The predicted molar refractivity (Wildman–Crippen MR) is 20.4 cm³/mol. The molecule has 40 valence electrons. The van der Waals surface area contributed by atoms with Crippen molar-refractivity contribution in [2.45, 2.75) is 6.42 Å². The third-order valence-electron chi connectivity index (χ3n) is 0.289. The van der Waals surface area contributed by atoms with E-state index in [-0.39, 0.29) is 45.5 Å². The third kappa shape index (κ3) is 9.65. The second kappa shape index (κ2) is 5.56. The maximum atomic E-state index is 9.28. The fraction of sp³-hybridized carbons (Fsp3) is 0.333. The molecule has 0 spiro atoms. The van der Waals surface area contributed by atoms with Crippen LogP contribution in [0.1, 0.15) is 6.42 Å². The molecule has 0 aromatic carbocycles. The van der Waals surface area contributed by atoms with Gasteiger partial charge < -0.3 is 19.8 Å². The van der Waals surface area contributed by atoms with Crippen LogP contribution in [0.3, 0.4) is 0 Å². The van der Waals surface area contributed by atoms with Gasteiger partial charge in [0, 0.05) is 18.4 Å².